The smallest absolute Gasteiger partial charge is 0.122 e. The normalized spacial score (nSPS) is 10.4. The lowest BCUT2D eigenvalue weighted by Gasteiger charge is -2.05. The van der Waals surface area contributed by atoms with Gasteiger partial charge in [0, 0.05) is 10.5 Å². The molecule has 2 aromatic carbocycles. The van der Waals surface area contributed by atoms with Crippen molar-refractivity contribution in [2.24, 2.45) is 0 Å². The minimum Gasteiger partial charge on any atom is -0.508 e. The predicted octanol–water partition coefficient (Wildman–Crippen LogP) is 3.66. The molecule has 2 rings (SSSR count). The molecule has 2 aromatic rings. The van der Waals surface area contributed by atoms with Crippen LogP contribution < -0.4 is 0 Å². The van der Waals surface area contributed by atoms with Gasteiger partial charge >= 0.3 is 0 Å². The van der Waals surface area contributed by atoms with Crippen molar-refractivity contribution in [2.45, 2.75) is 6.42 Å². The second-order valence-corrected chi connectivity index (χ2v) is 4.69. The van der Waals surface area contributed by atoms with Gasteiger partial charge in [-0.1, -0.05) is 34.1 Å². The Morgan fingerprint density at radius 3 is 2.35 bits per heavy atom. The average Bonchev–Trinajstić information content (AvgIpc) is 2.30. The van der Waals surface area contributed by atoms with E-state index >= 15 is 0 Å². The van der Waals surface area contributed by atoms with Gasteiger partial charge in [0.1, 0.15) is 11.5 Å². The lowest BCUT2D eigenvalue weighted by Crippen LogP contribution is -1.89. The molecule has 17 heavy (non-hydrogen) atoms. The lowest BCUT2D eigenvalue weighted by atomic mass is 10.0. The molecule has 3 heteroatoms. The van der Waals surface area contributed by atoms with E-state index in [2.05, 4.69) is 15.9 Å². The summed E-state index contributed by atoms with van der Waals surface area (Å²) < 4.78 is 1.05. The largest absolute Gasteiger partial charge is 0.508 e. The Labute approximate surface area is 109 Å². The number of phenolic OH excluding ortho intramolecular Hbond substituents is 2. The molecule has 87 valence electrons. The SMILES string of the molecule is Oc1ccc([CH]Cc2ccc(Br)cc2)c(O)c1. The Morgan fingerprint density at radius 2 is 1.71 bits per heavy atom. The highest BCUT2D eigenvalue weighted by atomic mass is 79.9. The van der Waals surface area contributed by atoms with Gasteiger partial charge in [0.25, 0.3) is 0 Å². The summed E-state index contributed by atoms with van der Waals surface area (Å²) in [5.41, 5.74) is 1.89. The number of hydrogen-bond donors (Lipinski definition) is 2. The minimum absolute atomic E-state index is 0.0725. The first-order valence-corrected chi connectivity index (χ1v) is 6.04. The van der Waals surface area contributed by atoms with Gasteiger partial charge < -0.3 is 10.2 Å². The lowest BCUT2D eigenvalue weighted by molar-refractivity contribution is 0.448. The highest BCUT2D eigenvalue weighted by Crippen LogP contribution is 2.25. The van der Waals surface area contributed by atoms with E-state index in [0.717, 1.165) is 16.5 Å². The fourth-order valence-corrected chi connectivity index (χ4v) is 1.82. The van der Waals surface area contributed by atoms with Crippen LogP contribution in [0.2, 0.25) is 0 Å². The van der Waals surface area contributed by atoms with Crippen molar-refractivity contribution in [1.29, 1.82) is 0 Å². The van der Waals surface area contributed by atoms with Crippen LogP contribution in [0.15, 0.2) is 46.9 Å². The quantitative estimate of drug-likeness (QED) is 0.906. The van der Waals surface area contributed by atoms with E-state index in [0.29, 0.717) is 0 Å². The molecule has 0 aliphatic rings. The topological polar surface area (TPSA) is 40.5 Å². The second-order valence-electron chi connectivity index (χ2n) is 3.78. The van der Waals surface area contributed by atoms with Crippen molar-refractivity contribution in [3.05, 3.63) is 64.5 Å². The summed E-state index contributed by atoms with van der Waals surface area (Å²) in [5.74, 6) is 0.172. The van der Waals surface area contributed by atoms with Crippen LogP contribution in [-0.2, 0) is 6.42 Å². The molecule has 0 saturated heterocycles. The third kappa shape index (κ3) is 3.24. The molecular weight excluding hydrogens is 280 g/mol. The molecule has 1 radical (unpaired) electrons. The predicted molar refractivity (Wildman–Crippen MR) is 71.0 cm³/mol. The molecule has 0 fully saturated rings. The molecule has 0 atom stereocenters. The fraction of sp³-hybridized carbons (Fsp3) is 0.0714. The molecule has 0 aliphatic carbocycles. The highest BCUT2D eigenvalue weighted by molar-refractivity contribution is 9.10. The Kier molecular flexibility index (Phi) is 3.69. The monoisotopic (exact) mass is 291 g/mol. The number of aromatic hydroxyl groups is 2. The first-order valence-electron chi connectivity index (χ1n) is 5.25. The van der Waals surface area contributed by atoms with Gasteiger partial charge in [0.15, 0.2) is 0 Å². The van der Waals surface area contributed by atoms with Crippen LogP contribution in [0, 0.1) is 6.42 Å². The van der Waals surface area contributed by atoms with Gasteiger partial charge in [-0.15, -0.1) is 0 Å². The minimum atomic E-state index is 0.0725. The summed E-state index contributed by atoms with van der Waals surface area (Å²) in [7, 11) is 0. The van der Waals surface area contributed by atoms with E-state index in [1.165, 1.54) is 11.6 Å². The summed E-state index contributed by atoms with van der Waals surface area (Å²) in [6.07, 6.45) is 2.67. The van der Waals surface area contributed by atoms with Crippen molar-refractivity contribution in [3.63, 3.8) is 0 Å². The maximum atomic E-state index is 9.61. The van der Waals surface area contributed by atoms with Crippen molar-refractivity contribution in [2.75, 3.05) is 0 Å². The van der Waals surface area contributed by atoms with Gasteiger partial charge in [-0.05, 0) is 42.2 Å². The van der Waals surface area contributed by atoms with Crippen molar-refractivity contribution >= 4 is 15.9 Å². The molecule has 0 heterocycles. The maximum Gasteiger partial charge on any atom is 0.122 e. The Morgan fingerprint density at radius 1 is 1.00 bits per heavy atom. The third-order valence-corrected chi connectivity index (χ3v) is 3.01. The fourth-order valence-electron chi connectivity index (χ4n) is 1.55. The molecule has 2 nitrogen and oxygen atoms in total. The molecular formula is C14H12BrO2. The van der Waals surface area contributed by atoms with E-state index in [-0.39, 0.29) is 11.5 Å². The third-order valence-electron chi connectivity index (χ3n) is 2.48. The summed E-state index contributed by atoms with van der Waals surface area (Å²) in [6, 6.07) is 12.6. The van der Waals surface area contributed by atoms with Crippen LogP contribution in [0.5, 0.6) is 11.5 Å². The van der Waals surface area contributed by atoms with E-state index < -0.39 is 0 Å². The van der Waals surface area contributed by atoms with Crippen molar-refractivity contribution < 1.29 is 10.2 Å². The maximum absolute atomic E-state index is 9.61. The van der Waals surface area contributed by atoms with Crippen LogP contribution in [0.1, 0.15) is 11.1 Å². The first-order chi connectivity index (χ1) is 8.15. The molecule has 0 amide bonds. The van der Waals surface area contributed by atoms with Crippen LogP contribution in [0.25, 0.3) is 0 Å². The van der Waals surface area contributed by atoms with Gasteiger partial charge in [0.05, 0.1) is 0 Å². The average molecular weight is 292 g/mol. The van der Waals surface area contributed by atoms with E-state index in [4.69, 9.17) is 0 Å². The molecule has 0 saturated carbocycles. The van der Waals surface area contributed by atoms with Crippen molar-refractivity contribution in [3.8, 4) is 11.5 Å². The number of halogens is 1. The second kappa shape index (κ2) is 5.23. The van der Waals surface area contributed by atoms with E-state index in [1.807, 2.05) is 30.7 Å². The van der Waals surface area contributed by atoms with Gasteiger partial charge in [-0.2, -0.15) is 0 Å². The summed E-state index contributed by atoms with van der Waals surface area (Å²) in [6.45, 7) is 0. The number of benzene rings is 2. The summed E-state index contributed by atoms with van der Waals surface area (Å²) in [4.78, 5) is 0. The van der Waals surface area contributed by atoms with E-state index in [1.54, 1.807) is 12.1 Å². The number of rotatable bonds is 3. The highest BCUT2D eigenvalue weighted by Gasteiger charge is 2.03. The summed E-state index contributed by atoms with van der Waals surface area (Å²) in [5, 5.41) is 18.8. The van der Waals surface area contributed by atoms with Crippen LogP contribution in [0.3, 0.4) is 0 Å². The molecule has 0 bridgehead atoms. The van der Waals surface area contributed by atoms with Crippen molar-refractivity contribution in [1.82, 2.24) is 0 Å². The van der Waals surface area contributed by atoms with Crippen LogP contribution in [-0.4, -0.2) is 10.2 Å². The zero-order valence-electron chi connectivity index (χ0n) is 9.10. The van der Waals surface area contributed by atoms with Crippen LogP contribution >= 0.6 is 15.9 Å². The Hall–Kier alpha value is -1.48. The molecule has 0 aromatic heterocycles. The molecule has 0 spiro atoms. The Bertz CT molecular complexity index is 506. The van der Waals surface area contributed by atoms with Gasteiger partial charge in [0.2, 0.25) is 0 Å². The van der Waals surface area contributed by atoms with Crippen LogP contribution in [0.4, 0.5) is 0 Å². The zero-order valence-corrected chi connectivity index (χ0v) is 10.7. The van der Waals surface area contributed by atoms with E-state index in [9.17, 15) is 10.2 Å². The number of hydrogen-bond acceptors (Lipinski definition) is 2. The standard InChI is InChI=1S/C14H12BrO2/c15-12-6-2-10(3-7-12)1-4-11-5-8-13(16)9-14(11)17/h2-9,16-17H,1H2. The number of phenols is 2. The zero-order chi connectivity index (χ0) is 12.3. The molecule has 2 N–H and O–H groups in total. The van der Waals surface area contributed by atoms with Gasteiger partial charge in [-0.25, -0.2) is 0 Å². The van der Waals surface area contributed by atoms with Gasteiger partial charge in [-0.3, -0.25) is 0 Å². The molecule has 0 unspecified atom stereocenters. The summed E-state index contributed by atoms with van der Waals surface area (Å²) >= 11 is 3.38. The Balaban J connectivity index is 2.04. The first kappa shape index (κ1) is 12.0. The molecule has 0 aliphatic heterocycles.